The Bertz CT molecular complexity index is 464. The Morgan fingerprint density at radius 3 is 2.67 bits per heavy atom. The van der Waals surface area contributed by atoms with Crippen molar-refractivity contribution in [1.29, 1.82) is 0 Å². The van der Waals surface area contributed by atoms with E-state index in [0.29, 0.717) is 5.84 Å². The van der Waals surface area contributed by atoms with Crippen molar-refractivity contribution in [3.8, 4) is 0 Å². The fourth-order valence-corrected chi connectivity index (χ4v) is 2.87. The number of amidine groups is 1. The Balaban J connectivity index is 1.86. The van der Waals surface area contributed by atoms with Crippen LogP contribution < -0.4 is 5.73 Å². The Labute approximate surface area is 126 Å². The van der Waals surface area contributed by atoms with Crippen molar-refractivity contribution < 1.29 is 5.21 Å². The first-order valence-corrected chi connectivity index (χ1v) is 7.56. The van der Waals surface area contributed by atoms with Crippen LogP contribution in [0.1, 0.15) is 25.5 Å². The highest BCUT2D eigenvalue weighted by molar-refractivity contribution is 5.85. The predicted molar refractivity (Wildman–Crippen MR) is 82.2 cm³/mol. The second kappa shape index (κ2) is 7.42. The Morgan fingerprint density at radius 1 is 1.43 bits per heavy atom. The quantitative estimate of drug-likeness (QED) is 0.344. The van der Waals surface area contributed by atoms with Crippen molar-refractivity contribution >= 4 is 5.84 Å². The van der Waals surface area contributed by atoms with Gasteiger partial charge in [0.1, 0.15) is 0 Å². The van der Waals surface area contributed by atoms with E-state index < -0.39 is 0 Å². The monoisotopic (exact) mass is 294 g/mol. The molecule has 3 N–H and O–H groups in total. The average molecular weight is 294 g/mol. The van der Waals surface area contributed by atoms with E-state index in [9.17, 15) is 0 Å². The summed E-state index contributed by atoms with van der Waals surface area (Å²) < 4.78 is 1.83. The summed E-state index contributed by atoms with van der Waals surface area (Å²) in [5.74, 6) is 0.329. The van der Waals surface area contributed by atoms with E-state index in [2.05, 4.69) is 33.0 Å². The lowest BCUT2D eigenvalue weighted by Gasteiger charge is -2.38. The topological polar surface area (TPSA) is 82.9 Å². The van der Waals surface area contributed by atoms with Gasteiger partial charge < -0.3 is 10.9 Å². The Morgan fingerprint density at radius 2 is 2.14 bits per heavy atom. The number of piperazine rings is 1. The molecule has 1 aromatic rings. The van der Waals surface area contributed by atoms with Gasteiger partial charge in [-0.1, -0.05) is 18.5 Å². The van der Waals surface area contributed by atoms with Gasteiger partial charge in [-0.3, -0.25) is 14.5 Å². The average Bonchev–Trinajstić information content (AvgIpc) is 2.90. The molecule has 1 aromatic heterocycles. The molecular weight excluding hydrogens is 268 g/mol. The summed E-state index contributed by atoms with van der Waals surface area (Å²) in [6.07, 6.45) is 3.92. The maximum absolute atomic E-state index is 8.93. The number of aromatic nitrogens is 2. The molecule has 1 fully saturated rings. The molecular formula is C14H26N6O. The molecule has 0 aromatic carbocycles. The molecule has 0 saturated carbocycles. The summed E-state index contributed by atoms with van der Waals surface area (Å²) in [5.41, 5.74) is 6.93. The second-order valence-electron chi connectivity index (χ2n) is 5.62. The third-order valence-corrected chi connectivity index (χ3v) is 4.02. The third kappa shape index (κ3) is 4.18. The van der Waals surface area contributed by atoms with Crippen LogP contribution in [0.15, 0.2) is 17.4 Å². The molecule has 118 valence electrons. The van der Waals surface area contributed by atoms with Crippen LogP contribution in [0, 0.1) is 0 Å². The summed E-state index contributed by atoms with van der Waals surface area (Å²) >= 11 is 0. The SMILES string of the molecule is CCCC(/C(N)=N/O)N1CCN(Cc2ccn(C)n2)CC1. The molecule has 1 unspecified atom stereocenters. The van der Waals surface area contributed by atoms with Gasteiger partial charge in [-0.2, -0.15) is 5.10 Å². The summed E-state index contributed by atoms with van der Waals surface area (Å²) in [6.45, 7) is 6.85. The first-order valence-electron chi connectivity index (χ1n) is 7.56. The lowest BCUT2D eigenvalue weighted by molar-refractivity contribution is 0.107. The van der Waals surface area contributed by atoms with Crippen LogP contribution in [0.3, 0.4) is 0 Å². The second-order valence-corrected chi connectivity index (χ2v) is 5.62. The van der Waals surface area contributed by atoms with Gasteiger partial charge in [0.2, 0.25) is 0 Å². The molecule has 1 atom stereocenters. The van der Waals surface area contributed by atoms with Crippen molar-refractivity contribution in [2.24, 2.45) is 17.9 Å². The predicted octanol–water partition coefficient (Wildman–Crippen LogP) is 0.453. The highest BCUT2D eigenvalue weighted by Crippen LogP contribution is 2.13. The van der Waals surface area contributed by atoms with Crippen molar-refractivity contribution in [1.82, 2.24) is 19.6 Å². The van der Waals surface area contributed by atoms with Gasteiger partial charge in [-0.15, -0.1) is 0 Å². The molecule has 1 aliphatic rings. The van der Waals surface area contributed by atoms with E-state index in [-0.39, 0.29) is 6.04 Å². The molecule has 0 aliphatic carbocycles. The minimum atomic E-state index is 0.0528. The molecule has 0 bridgehead atoms. The van der Waals surface area contributed by atoms with Crippen molar-refractivity contribution in [2.75, 3.05) is 26.2 Å². The normalized spacial score (nSPS) is 19.8. The first kappa shape index (κ1) is 15.8. The zero-order chi connectivity index (χ0) is 15.2. The summed E-state index contributed by atoms with van der Waals surface area (Å²) in [4.78, 5) is 4.71. The van der Waals surface area contributed by atoms with Crippen LogP contribution >= 0.6 is 0 Å². The number of hydrogen-bond acceptors (Lipinski definition) is 5. The van der Waals surface area contributed by atoms with E-state index >= 15 is 0 Å². The van der Waals surface area contributed by atoms with Crippen LogP contribution in [0.4, 0.5) is 0 Å². The van der Waals surface area contributed by atoms with Gasteiger partial charge in [-0.05, 0) is 12.5 Å². The first-order chi connectivity index (χ1) is 10.1. The number of hydrogen-bond donors (Lipinski definition) is 2. The lowest BCUT2D eigenvalue weighted by Crippen LogP contribution is -2.53. The van der Waals surface area contributed by atoms with Crippen LogP contribution in [0.2, 0.25) is 0 Å². The Kier molecular flexibility index (Phi) is 5.58. The maximum atomic E-state index is 8.93. The molecule has 1 aliphatic heterocycles. The maximum Gasteiger partial charge on any atom is 0.156 e. The van der Waals surface area contributed by atoms with Crippen molar-refractivity contribution in [2.45, 2.75) is 32.4 Å². The van der Waals surface area contributed by atoms with E-state index in [1.54, 1.807) is 0 Å². The minimum Gasteiger partial charge on any atom is -0.409 e. The van der Waals surface area contributed by atoms with Crippen LogP contribution in [-0.2, 0) is 13.6 Å². The van der Waals surface area contributed by atoms with E-state index in [1.807, 2.05) is 17.9 Å². The molecule has 2 heterocycles. The van der Waals surface area contributed by atoms with Gasteiger partial charge in [0.05, 0.1) is 11.7 Å². The zero-order valence-corrected chi connectivity index (χ0v) is 12.9. The molecule has 1 saturated heterocycles. The fourth-order valence-electron chi connectivity index (χ4n) is 2.87. The summed E-state index contributed by atoms with van der Waals surface area (Å²) in [5, 5.41) is 16.5. The summed E-state index contributed by atoms with van der Waals surface area (Å²) in [7, 11) is 1.94. The zero-order valence-electron chi connectivity index (χ0n) is 12.9. The van der Waals surface area contributed by atoms with Gasteiger partial charge in [0.15, 0.2) is 5.84 Å². The van der Waals surface area contributed by atoms with E-state index in [0.717, 1.165) is 51.3 Å². The van der Waals surface area contributed by atoms with Gasteiger partial charge >= 0.3 is 0 Å². The molecule has 21 heavy (non-hydrogen) atoms. The number of aryl methyl sites for hydroxylation is 1. The lowest BCUT2D eigenvalue weighted by atomic mass is 10.1. The van der Waals surface area contributed by atoms with Crippen LogP contribution in [0.25, 0.3) is 0 Å². The van der Waals surface area contributed by atoms with E-state index in [4.69, 9.17) is 10.9 Å². The van der Waals surface area contributed by atoms with Crippen molar-refractivity contribution in [3.63, 3.8) is 0 Å². The molecule has 7 heteroatoms. The molecule has 2 rings (SSSR count). The standard InChI is InChI=1S/C14H26N6O/c1-3-4-13(14(15)17-21)20-9-7-19(8-10-20)11-12-5-6-18(2)16-12/h5-6,13,21H,3-4,7-11H2,1-2H3,(H2,15,17). The number of oxime groups is 1. The van der Waals surface area contributed by atoms with Crippen LogP contribution in [-0.4, -0.2) is 62.8 Å². The number of nitrogens with zero attached hydrogens (tertiary/aromatic N) is 5. The van der Waals surface area contributed by atoms with Crippen molar-refractivity contribution in [3.05, 3.63) is 18.0 Å². The van der Waals surface area contributed by atoms with Crippen LogP contribution in [0.5, 0.6) is 0 Å². The largest absolute Gasteiger partial charge is 0.409 e. The Hall–Kier alpha value is -1.60. The molecule has 0 amide bonds. The highest BCUT2D eigenvalue weighted by atomic mass is 16.4. The minimum absolute atomic E-state index is 0.0528. The molecule has 0 radical (unpaired) electrons. The molecule has 0 spiro atoms. The number of rotatable bonds is 6. The summed E-state index contributed by atoms with van der Waals surface area (Å²) in [6, 6.07) is 2.11. The molecule has 7 nitrogen and oxygen atoms in total. The van der Waals surface area contributed by atoms with E-state index in [1.165, 1.54) is 0 Å². The number of nitrogens with two attached hydrogens (primary N) is 1. The third-order valence-electron chi connectivity index (χ3n) is 4.02. The van der Waals surface area contributed by atoms with Gasteiger partial charge in [0, 0.05) is 46.0 Å². The highest BCUT2D eigenvalue weighted by Gasteiger charge is 2.26. The van der Waals surface area contributed by atoms with Gasteiger partial charge in [-0.25, -0.2) is 0 Å². The smallest absolute Gasteiger partial charge is 0.156 e. The fraction of sp³-hybridized carbons (Fsp3) is 0.714. The van der Waals surface area contributed by atoms with Gasteiger partial charge in [0.25, 0.3) is 0 Å².